The zero-order valence-electron chi connectivity index (χ0n) is 20.1. The molecule has 3 rings (SSSR count). The Morgan fingerprint density at radius 1 is 1.16 bits per heavy atom. The SMILES string of the molecule is CCNC(=NCC(c1ccccc1OC)N1CCCC1)NCCC(=O)N1CCCCC1C. The fourth-order valence-electron chi connectivity index (χ4n) is 4.83. The number of aliphatic imine (C=N–C) groups is 1. The van der Waals surface area contributed by atoms with E-state index in [9.17, 15) is 4.79 Å². The van der Waals surface area contributed by atoms with Crippen molar-refractivity contribution in [2.24, 2.45) is 4.99 Å². The van der Waals surface area contributed by atoms with Gasteiger partial charge in [0.1, 0.15) is 5.75 Å². The minimum atomic E-state index is 0.180. The lowest BCUT2D eigenvalue weighted by Gasteiger charge is -2.33. The van der Waals surface area contributed by atoms with Crippen LogP contribution in [0, 0.1) is 0 Å². The van der Waals surface area contributed by atoms with Gasteiger partial charge in [0.05, 0.1) is 19.7 Å². The number of guanidine groups is 1. The summed E-state index contributed by atoms with van der Waals surface area (Å²) in [4.78, 5) is 22.1. The van der Waals surface area contributed by atoms with Crippen molar-refractivity contribution in [3.63, 3.8) is 0 Å². The minimum Gasteiger partial charge on any atom is -0.496 e. The van der Waals surface area contributed by atoms with E-state index in [1.807, 2.05) is 17.0 Å². The molecule has 2 saturated heterocycles. The lowest BCUT2D eigenvalue weighted by atomic mass is 10.0. The number of carbonyl (C=O) groups excluding carboxylic acids is 1. The zero-order chi connectivity index (χ0) is 22.8. The number of nitrogens with one attached hydrogen (secondary N) is 2. The molecule has 1 aromatic rings. The Labute approximate surface area is 193 Å². The van der Waals surface area contributed by atoms with Gasteiger partial charge in [0.2, 0.25) is 5.91 Å². The molecule has 2 aliphatic heterocycles. The number of benzene rings is 1. The Morgan fingerprint density at radius 3 is 2.62 bits per heavy atom. The topological polar surface area (TPSA) is 69.2 Å². The van der Waals surface area contributed by atoms with Gasteiger partial charge in [-0.2, -0.15) is 0 Å². The van der Waals surface area contributed by atoms with E-state index in [1.165, 1.54) is 24.8 Å². The van der Waals surface area contributed by atoms with E-state index >= 15 is 0 Å². The first-order chi connectivity index (χ1) is 15.6. The van der Waals surface area contributed by atoms with Gasteiger partial charge in [0, 0.05) is 37.7 Å². The number of carbonyl (C=O) groups is 1. The molecule has 2 unspecified atom stereocenters. The van der Waals surface area contributed by atoms with Crippen molar-refractivity contribution < 1.29 is 9.53 Å². The van der Waals surface area contributed by atoms with E-state index in [0.29, 0.717) is 25.6 Å². The largest absolute Gasteiger partial charge is 0.496 e. The first-order valence-corrected chi connectivity index (χ1v) is 12.3. The van der Waals surface area contributed by atoms with E-state index in [-0.39, 0.29) is 11.9 Å². The monoisotopic (exact) mass is 443 g/mol. The lowest BCUT2D eigenvalue weighted by molar-refractivity contribution is -0.134. The fourth-order valence-corrected chi connectivity index (χ4v) is 4.83. The zero-order valence-corrected chi connectivity index (χ0v) is 20.1. The highest BCUT2D eigenvalue weighted by molar-refractivity contribution is 5.81. The second-order valence-corrected chi connectivity index (χ2v) is 8.83. The molecule has 2 fully saturated rings. The standard InChI is InChI=1S/C25H41N5O2/c1-4-26-25(27-15-14-24(31)30-18-8-7-11-20(30)2)28-19-22(29-16-9-10-17-29)21-12-5-6-13-23(21)32-3/h5-6,12-13,20,22H,4,7-11,14-19H2,1-3H3,(H2,26,27,28). The van der Waals surface area contributed by atoms with E-state index in [0.717, 1.165) is 50.7 Å². The summed E-state index contributed by atoms with van der Waals surface area (Å²) < 4.78 is 5.65. The van der Waals surface area contributed by atoms with E-state index < -0.39 is 0 Å². The summed E-state index contributed by atoms with van der Waals surface area (Å²) in [5, 5.41) is 6.71. The van der Waals surface area contributed by atoms with Crippen LogP contribution in [0.15, 0.2) is 29.3 Å². The summed E-state index contributed by atoms with van der Waals surface area (Å²) in [6.07, 6.45) is 6.41. The van der Waals surface area contributed by atoms with Gasteiger partial charge in [0.25, 0.3) is 0 Å². The maximum absolute atomic E-state index is 12.6. The average Bonchev–Trinajstić information content (AvgIpc) is 3.34. The smallest absolute Gasteiger partial charge is 0.224 e. The van der Waals surface area contributed by atoms with Gasteiger partial charge in [-0.05, 0) is 65.1 Å². The van der Waals surface area contributed by atoms with Crippen LogP contribution >= 0.6 is 0 Å². The number of nitrogens with zero attached hydrogens (tertiary/aromatic N) is 3. The summed E-state index contributed by atoms with van der Waals surface area (Å²) in [5.41, 5.74) is 1.19. The minimum absolute atomic E-state index is 0.180. The molecule has 1 aromatic carbocycles. The van der Waals surface area contributed by atoms with Gasteiger partial charge in [0.15, 0.2) is 5.96 Å². The molecule has 7 nitrogen and oxygen atoms in total. The first-order valence-electron chi connectivity index (χ1n) is 12.3. The van der Waals surface area contributed by atoms with E-state index in [4.69, 9.17) is 9.73 Å². The highest BCUT2D eigenvalue weighted by Crippen LogP contribution is 2.31. The third-order valence-electron chi connectivity index (χ3n) is 6.60. The molecule has 0 aliphatic carbocycles. The molecule has 0 bridgehead atoms. The van der Waals surface area contributed by atoms with E-state index in [2.05, 4.69) is 41.5 Å². The molecule has 2 heterocycles. The van der Waals surface area contributed by atoms with Gasteiger partial charge in [-0.1, -0.05) is 18.2 Å². The van der Waals surface area contributed by atoms with Gasteiger partial charge in [-0.15, -0.1) is 0 Å². The van der Waals surface area contributed by atoms with Crippen molar-refractivity contribution in [3.8, 4) is 5.75 Å². The number of hydrogen-bond acceptors (Lipinski definition) is 4. The second-order valence-electron chi connectivity index (χ2n) is 8.83. The van der Waals surface area contributed by atoms with Crippen LogP contribution in [-0.2, 0) is 4.79 Å². The molecule has 0 aromatic heterocycles. The van der Waals surface area contributed by atoms with Crippen LogP contribution in [0.1, 0.15) is 64.0 Å². The maximum atomic E-state index is 12.6. The van der Waals surface area contributed by atoms with Crippen molar-refractivity contribution in [2.75, 3.05) is 46.4 Å². The normalized spacial score (nSPS) is 20.8. The van der Waals surface area contributed by atoms with Crippen molar-refractivity contribution in [3.05, 3.63) is 29.8 Å². The Kier molecular flexibility index (Phi) is 9.65. The van der Waals surface area contributed by atoms with Crippen LogP contribution in [0.25, 0.3) is 0 Å². The summed E-state index contributed by atoms with van der Waals surface area (Å²) in [6, 6.07) is 8.80. The molecule has 2 atom stereocenters. The summed E-state index contributed by atoms with van der Waals surface area (Å²) in [5.74, 6) is 1.93. The number of para-hydroxylation sites is 1. The third-order valence-corrected chi connectivity index (χ3v) is 6.60. The molecular formula is C25H41N5O2. The summed E-state index contributed by atoms with van der Waals surface area (Å²) in [7, 11) is 1.73. The van der Waals surface area contributed by atoms with Gasteiger partial charge in [-0.3, -0.25) is 14.7 Å². The summed E-state index contributed by atoms with van der Waals surface area (Å²) in [6.45, 7) is 9.32. The summed E-state index contributed by atoms with van der Waals surface area (Å²) >= 11 is 0. The molecule has 7 heteroatoms. The number of methoxy groups -OCH3 is 1. The number of ether oxygens (including phenoxy) is 1. The lowest BCUT2D eigenvalue weighted by Crippen LogP contribution is -2.44. The molecule has 2 N–H and O–H groups in total. The van der Waals surface area contributed by atoms with Crippen molar-refractivity contribution in [1.29, 1.82) is 0 Å². The van der Waals surface area contributed by atoms with E-state index in [1.54, 1.807) is 7.11 Å². The number of rotatable bonds is 9. The predicted octanol–water partition coefficient (Wildman–Crippen LogP) is 3.18. The van der Waals surface area contributed by atoms with Crippen LogP contribution < -0.4 is 15.4 Å². The second kappa shape index (κ2) is 12.7. The molecule has 1 amide bonds. The van der Waals surface area contributed by atoms with Crippen LogP contribution in [0.4, 0.5) is 0 Å². The van der Waals surface area contributed by atoms with Gasteiger partial charge in [-0.25, -0.2) is 0 Å². The molecule has 0 saturated carbocycles. The average molecular weight is 444 g/mol. The molecule has 32 heavy (non-hydrogen) atoms. The Hall–Kier alpha value is -2.28. The molecule has 2 aliphatic rings. The Balaban J connectivity index is 1.62. The fraction of sp³-hybridized carbons (Fsp3) is 0.680. The van der Waals surface area contributed by atoms with Gasteiger partial charge < -0.3 is 20.3 Å². The number of piperidine rings is 1. The molecular weight excluding hydrogens is 402 g/mol. The van der Waals surface area contributed by atoms with Crippen LogP contribution in [0.3, 0.4) is 0 Å². The number of likely N-dealkylation sites (tertiary alicyclic amines) is 2. The van der Waals surface area contributed by atoms with Crippen molar-refractivity contribution in [2.45, 2.75) is 64.5 Å². The van der Waals surface area contributed by atoms with Crippen LogP contribution in [0.5, 0.6) is 5.75 Å². The quantitative estimate of drug-likeness (QED) is 0.453. The van der Waals surface area contributed by atoms with Crippen molar-refractivity contribution in [1.82, 2.24) is 20.4 Å². The highest BCUT2D eigenvalue weighted by Gasteiger charge is 2.26. The Morgan fingerprint density at radius 2 is 1.91 bits per heavy atom. The van der Waals surface area contributed by atoms with Crippen LogP contribution in [-0.4, -0.2) is 74.1 Å². The highest BCUT2D eigenvalue weighted by atomic mass is 16.5. The van der Waals surface area contributed by atoms with Crippen molar-refractivity contribution >= 4 is 11.9 Å². The first kappa shape index (κ1) is 24.4. The maximum Gasteiger partial charge on any atom is 0.224 e. The number of amides is 1. The number of hydrogen-bond donors (Lipinski definition) is 2. The molecule has 0 radical (unpaired) electrons. The predicted molar refractivity (Wildman–Crippen MR) is 130 cm³/mol. The Bertz CT molecular complexity index is 748. The molecule has 178 valence electrons. The van der Waals surface area contributed by atoms with Crippen LogP contribution in [0.2, 0.25) is 0 Å². The van der Waals surface area contributed by atoms with Gasteiger partial charge >= 0.3 is 0 Å². The third kappa shape index (κ3) is 6.61. The molecule has 0 spiro atoms.